The molecule has 2 rings (SSSR count). The second-order valence-corrected chi connectivity index (χ2v) is 5.54. The average Bonchev–Trinajstić information content (AvgIpc) is 2.41. The molecule has 1 fully saturated rings. The molecular weight excluding hydrogens is 294 g/mol. The van der Waals surface area contributed by atoms with E-state index in [1.807, 2.05) is 18.2 Å². The second-order valence-electron chi connectivity index (χ2n) is 4.69. The number of piperidine rings is 1. The maximum absolute atomic E-state index is 9.66. The minimum atomic E-state index is 0.104. The zero-order valence-corrected chi connectivity index (χ0v) is 12.3. The number of aliphatic hydroxyl groups is 1. The molecule has 0 aliphatic carbocycles. The van der Waals surface area contributed by atoms with Crippen LogP contribution in [0.25, 0.3) is 0 Å². The molecule has 0 bridgehead atoms. The molecule has 3 nitrogen and oxygen atoms in total. The molecule has 0 radical (unpaired) electrons. The van der Waals surface area contributed by atoms with Crippen LogP contribution in [0.5, 0.6) is 5.75 Å². The number of halogens is 1. The molecule has 1 heterocycles. The Kier molecular flexibility index (Phi) is 5.03. The first kappa shape index (κ1) is 13.8. The van der Waals surface area contributed by atoms with Gasteiger partial charge < -0.3 is 9.84 Å². The number of nitrogens with zero attached hydrogens (tertiary/aromatic N) is 1. The fourth-order valence-corrected chi connectivity index (χ4v) is 3.11. The normalized spacial score (nSPS) is 18.6. The summed E-state index contributed by atoms with van der Waals surface area (Å²) >= 11 is 3.50. The monoisotopic (exact) mass is 313 g/mol. The minimum Gasteiger partial charge on any atom is -0.496 e. The van der Waals surface area contributed by atoms with E-state index >= 15 is 0 Å². The van der Waals surface area contributed by atoms with Crippen molar-refractivity contribution in [3.63, 3.8) is 0 Å². The molecular formula is C14H20BrNO2. The lowest BCUT2D eigenvalue weighted by molar-refractivity contribution is 0.104. The summed E-state index contributed by atoms with van der Waals surface area (Å²) in [6.07, 6.45) is 3.77. The second kappa shape index (κ2) is 6.55. The van der Waals surface area contributed by atoms with Gasteiger partial charge in [0.2, 0.25) is 0 Å². The van der Waals surface area contributed by atoms with Gasteiger partial charge in [0.1, 0.15) is 5.75 Å². The first-order chi connectivity index (χ1) is 8.76. The number of likely N-dealkylation sites (tertiary alicyclic amines) is 1. The molecule has 1 unspecified atom stereocenters. The quantitative estimate of drug-likeness (QED) is 0.927. The van der Waals surface area contributed by atoms with Crippen molar-refractivity contribution in [3.8, 4) is 5.75 Å². The minimum absolute atomic E-state index is 0.104. The van der Waals surface area contributed by atoms with Gasteiger partial charge in [-0.15, -0.1) is 0 Å². The molecule has 18 heavy (non-hydrogen) atoms. The maximum atomic E-state index is 9.66. The zero-order valence-electron chi connectivity index (χ0n) is 10.7. The van der Waals surface area contributed by atoms with Crippen LogP contribution >= 0.6 is 15.9 Å². The van der Waals surface area contributed by atoms with Crippen molar-refractivity contribution in [2.24, 2.45) is 0 Å². The first-order valence-corrected chi connectivity index (χ1v) is 7.24. The third-order valence-corrected chi connectivity index (χ3v) is 4.18. The van der Waals surface area contributed by atoms with Gasteiger partial charge in [0, 0.05) is 0 Å². The van der Waals surface area contributed by atoms with Gasteiger partial charge in [-0.1, -0.05) is 12.5 Å². The Balaban J connectivity index is 2.18. The smallest absolute Gasteiger partial charge is 0.133 e. The lowest BCUT2D eigenvalue weighted by Crippen LogP contribution is -2.35. The topological polar surface area (TPSA) is 32.7 Å². The first-order valence-electron chi connectivity index (χ1n) is 6.44. The standard InChI is InChI=1S/C14H20BrNO2/c1-18-14-6-5-11(9-12(14)15)13(10-17)16-7-3-2-4-8-16/h5-6,9,13,17H,2-4,7-8,10H2,1H3. The van der Waals surface area contributed by atoms with Gasteiger partial charge in [0.15, 0.2) is 0 Å². The fraction of sp³-hybridized carbons (Fsp3) is 0.571. The third kappa shape index (κ3) is 3.05. The van der Waals surface area contributed by atoms with Gasteiger partial charge in [0.25, 0.3) is 0 Å². The highest BCUT2D eigenvalue weighted by Crippen LogP contribution is 2.31. The van der Waals surface area contributed by atoms with Crippen LogP contribution in [-0.2, 0) is 0 Å². The number of aliphatic hydroxyl groups excluding tert-OH is 1. The average molecular weight is 314 g/mol. The molecule has 1 aromatic carbocycles. The molecule has 1 saturated heterocycles. The molecule has 4 heteroatoms. The van der Waals surface area contributed by atoms with Gasteiger partial charge in [-0.25, -0.2) is 0 Å². The van der Waals surface area contributed by atoms with Gasteiger partial charge in [-0.05, 0) is 59.6 Å². The van der Waals surface area contributed by atoms with Crippen molar-refractivity contribution in [1.29, 1.82) is 0 Å². The Labute approximate surface area is 117 Å². The Hall–Kier alpha value is -0.580. The van der Waals surface area contributed by atoms with Crippen LogP contribution in [0.2, 0.25) is 0 Å². The maximum Gasteiger partial charge on any atom is 0.133 e. The van der Waals surface area contributed by atoms with Crippen LogP contribution in [0, 0.1) is 0 Å². The number of methoxy groups -OCH3 is 1. The van der Waals surface area contributed by atoms with Crippen molar-refractivity contribution in [2.45, 2.75) is 25.3 Å². The Morgan fingerprint density at radius 3 is 2.61 bits per heavy atom. The van der Waals surface area contributed by atoms with Gasteiger partial charge in [0.05, 0.1) is 24.2 Å². The van der Waals surface area contributed by atoms with Gasteiger partial charge >= 0.3 is 0 Å². The van der Waals surface area contributed by atoms with Crippen molar-refractivity contribution in [1.82, 2.24) is 4.90 Å². The largest absolute Gasteiger partial charge is 0.496 e. The summed E-state index contributed by atoms with van der Waals surface area (Å²) < 4.78 is 6.18. The molecule has 0 amide bonds. The fourth-order valence-electron chi connectivity index (χ4n) is 2.55. The molecule has 1 aromatic rings. The highest BCUT2D eigenvalue weighted by molar-refractivity contribution is 9.10. The van der Waals surface area contributed by atoms with E-state index in [9.17, 15) is 5.11 Å². The van der Waals surface area contributed by atoms with E-state index in [1.165, 1.54) is 19.3 Å². The Morgan fingerprint density at radius 2 is 2.06 bits per heavy atom. The van der Waals surface area contributed by atoms with E-state index in [0.717, 1.165) is 28.9 Å². The van der Waals surface area contributed by atoms with Crippen molar-refractivity contribution < 1.29 is 9.84 Å². The highest BCUT2D eigenvalue weighted by atomic mass is 79.9. The molecule has 1 N–H and O–H groups in total. The number of ether oxygens (including phenoxy) is 1. The van der Waals surface area contributed by atoms with Crippen molar-refractivity contribution >= 4 is 15.9 Å². The highest BCUT2D eigenvalue weighted by Gasteiger charge is 2.22. The molecule has 0 spiro atoms. The molecule has 1 aliphatic heterocycles. The molecule has 0 saturated carbocycles. The van der Waals surface area contributed by atoms with Crippen molar-refractivity contribution in [3.05, 3.63) is 28.2 Å². The van der Waals surface area contributed by atoms with E-state index in [1.54, 1.807) is 7.11 Å². The summed E-state index contributed by atoms with van der Waals surface area (Å²) in [5.74, 6) is 0.828. The van der Waals surface area contributed by atoms with E-state index in [0.29, 0.717) is 0 Å². The molecule has 0 aromatic heterocycles. The van der Waals surface area contributed by atoms with Gasteiger partial charge in [-0.3, -0.25) is 4.90 Å². The number of rotatable bonds is 4. The lowest BCUT2D eigenvalue weighted by Gasteiger charge is -2.33. The van der Waals surface area contributed by atoms with E-state index < -0.39 is 0 Å². The Bertz CT molecular complexity index is 391. The summed E-state index contributed by atoms with van der Waals surface area (Å²) in [5, 5.41) is 9.66. The summed E-state index contributed by atoms with van der Waals surface area (Å²) in [5.41, 5.74) is 1.15. The SMILES string of the molecule is COc1ccc(C(CO)N2CCCCC2)cc1Br. The summed E-state index contributed by atoms with van der Waals surface area (Å²) in [4.78, 5) is 2.37. The van der Waals surface area contributed by atoms with Crippen LogP contribution in [0.15, 0.2) is 22.7 Å². The molecule has 1 atom stereocenters. The van der Waals surface area contributed by atoms with E-state index in [2.05, 4.69) is 20.8 Å². The van der Waals surface area contributed by atoms with Crippen LogP contribution < -0.4 is 4.74 Å². The lowest BCUT2D eigenvalue weighted by atomic mass is 10.0. The van der Waals surface area contributed by atoms with Crippen LogP contribution in [0.3, 0.4) is 0 Å². The third-order valence-electron chi connectivity index (χ3n) is 3.56. The number of hydrogen-bond acceptors (Lipinski definition) is 3. The molecule has 100 valence electrons. The number of hydrogen-bond donors (Lipinski definition) is 1. The summed E-state index contributed by atoms with van der Waals surface area (Å²) in [6, 6.07) is 6.15. The summed E-state index contributed by atoms with van der Waals surface area (Å²) in [7, 11) is 1.66. The zero-order chi connectivity index (χ0) is 13.0. The summed E-state index contributed by atoms with van der Waals surface area (Å²) in [6.45, 7) is 2.32. The predicted molar refractivity (Wildman–Crippen MR) is 75.9 cm³/mol. The van der Waals surface area contributed by atoms with Crippen LogP contribution in [0.1, 0.15) is 30.9 Å². The van der Waals surface area contributed by atoms with E-state index in [4.69, 9.17) is 4.74 Å². The van der Waals surface area contributed by atoms with E-state index in [-0.39, 0.29) is 12.6 Å². The molecule has 1 aliphatic rings. The number of benzene rings is 1. The van der Waals surface area contributed by atoms with Crippen LogP contribution in [0.4, 0.5) is 0 Å². The predicted octanol–water partition coefficient (Wildman–Crippen LogP) is 2.98. The van der Waals surface area contributed by atoms with Crippen LogP contribution in [-0.4, -0.2) is 36.8 Å². The van der Waals surface area contributed by atoms with Gasteiger partial charge in [-0.2, -0.15) is 0 Å². The van der Waals surface area contributed by atoms with Crippen molar-refractivity contribution in [2.75, 3.05) is 26.8 Å². The Morgan fingerprint density at radius 1 is 1.33 bits per heavy atom.